The Labute approximate surface area is 87.4 Å². The number of aromatic nitrogens is 2. The van der Waals surface area contributed by atoms with Crippen molar-refractivity contribution in [2.24, 2.45) is 5.92 Å². The van der Waals surface area contributed by atoms with Gasteiger partial charge in [-0.3, -0.25) is 10.7 Å². The molecule has 1 aromatic heterocycles. The number of nitrogens with one attached hydrogen (secondary N) is 1. The summed E-state index contributed by atoms with van der Waals surface area (Å²) in [5.74, 6) is 0.326. The Balaban J connectivity index is 2.57. The van der Waals surface area contributed by atoms with E-state index in [0.717, 1.165) is 12.0 Å². The van der Waals surface area contributed by atoms with Gasteiger partial charge in [0, 0.05) is 0 Å². The van der Waals surface area contributed by atoms with E-state index < -0.39 is 0 Å². The van der Waals surface area contributed by atoms with Crippen LogP contribution in [0.15, 0.2) is 16.3 Å². The molecule has 0 spiro atoms. The second-order valence-corrected chi connectivity index (χ2v) is 3.77. The second kappa shape index (κ2) is 3.86. The first-order valence-corrected chi connectivity index (χ1v) is 4.86. The SMILES string of the molecule is CC(C)C1=C(NO)c2nonc2C=CC1. The van der Waals surface area contributed by atoms with E-state index in [0.29, 0.717) is 23.0 Å². The normalized spacial score (nSPS) is 15.5. The fourth-order valence-electron chi connectivity index (χ4n) is 1.68. The smallest absolute Gasteiger partial charge is 0.160 e. The van der Waals surface area contributed by atoms with Crippen LogP contribution in [0.2, 0.25) is 0 Å². The third-order valence-electron chi connectivity index (χ3n) is 2.49. The van der Waals surface area contributed by atoms with E-state index in [2.05, 4.69) is 34.3 Å². The van der Waals surface area contributed by atoms with E-state index in [1.54, 1.807) is 0 Å². The van der Waals surface area contributed by atoms with E-state index in [9.17, 15) is 0 Å². The highest BCUT2D eigenvalue weighted by molar-refractivity contribution is 5.72. The summed E-state index contributed by atoms with van der Waals surface area (Å²) < 4.78 is 4.65. The fourth-order valence-corrected chi connectivity index (χ4v) is 1.68. The van der Waals surface area contributed by atoms with Crippen molar-refractivity contribution in [1.29, 1.82) is 0 Å². The Morgan fingerprint density at radius 1 is 1.47 bits per heavy atom. The first-order chi connectivity index (χ1) is 7.24. The lowest BCUT2D eigenvalue weighted by atomic mass is 9.97. The molecule has 1 aromatic rings. The van der Waals surface area contributed by atoms with E-state index in [4.69, 9.17) is 5.21 Å². The van der Waals surface area contributed by atoms with Crippen LogP contribution < -0.4 is 5.48 Å². The van der Waals surface area contributed by atoms with Gasteiger partial charge in [0.05, 0.1) is 5.70 Å². The number of fused-ring (bicyclic) bond motifs is 1. The summed E-state index contributed by atoms with van der Waals surface area (Å²) in [6, 6.07) is 0. The Kier molecular flexibility index (Phi) is 2.55. The molecule has 0 saturated heterocycles. The van der Waals surface area contributed by atoms with Gasteiger partial charge < -0.3 is 0 Å². The maximum absolute atomic E-state index is 9.16. The van der Waals surface area contributed by atoms with Gasteiger partial charge in [0.2, 0.25) is 0 Å². The van der Waals surface area contributed by atoms with Crippen LogP contribution in [-0.4, -0.2) is 15.5 Å². The monoisotopic (exact) mass is 207 g/mol. The van der Waals surface area contributed by atoms with E-state index >= 15 is 0 Å². The molecule has 80 valence electrons. The summed E-state index contributed by atoms with van der Waals surface area (Å²) >= 11 is 0. The molecule has 15 heavy (non-hydrogen) atoms. The van der Waals surface area contributed by atoms with Gasteiger partial charge in [0.15, 0.2) is 5.69 Å². The lowest BCUT2D eigenvalue weighted by molar-refractivity contribution is 0.221. The number of allylic oxidation sites excluding steroid dienone is 2. The number of rotatable bonds is 2. The Hall–Kier alpha value is -1.62. The molecule has 0 amide bonds. The van der Waals surface area contributed by atoms with Crippen LogP contribution in [0.1, 0.15) is 31.7 Å². The summed E-state index contributed by atoms with van der Waals surface area (Å²) in [5.41, 5.74) is 5.09. The van der Waals surface area contributed by atoms with Crippen molar-refractivity contribution in [1.82, 2.24) is 15.8 Å². The van der Waals surface area contributed by atoms with Crippen LogP contribution in [0, 0.1) is 5.92 Å². The van der Waals surface area contributed by atoms with E-state index in [1.807, 2.05) is 12.2 Å². The molecule has 0 aliphatic heterocycles. The molecular weight excluding hydrogens is 194 g/mol. The zero-order chi connectivity index (χ0) is 10.8. The van der Waals surface area contributed by atoms with Crippen LogP contribution in [-0.2, 0) is 0 Å². The quantitative estimate of drug-likeness (QED) is 0.724. The van der Waals surface area contributed by atoms with Crippen LogP contribution in [0.4, 0.5) is 0 Å². The van der Waals surface area contributed by atoms with Gasteiger partial charge in [-0.2, -0.15) is 0 Å². The molecule has 0 aromatic carbocycles. The molecule has 1 heterocycles. The first-order valence-electron chi connectivity index (χ1n) is 4.86. The van der Waals surface area contributed by atoms with Gasteiger partial charge in [0.25, 0.3) is 0 Å². The topological polar surface area (TPSA) is 71.2 Å². The van der Waals surface area contributed by atoms with Gasteiger partial charge in [-0.25, -0.2) is 4.63 Å². The lowest BCUT2D eigenvalue weighted by Crippen LogP contribution is -2.12. The molecule has 1 aliphatic carbocycles. The van der Waals surface area contributed by atoms with Crippen molar-refractivity contribution in [3.05, 3.63) is 23.0 Å². The highest BCUT2D eigenvalue weighted by Crippen LogP contribution is 2.28. The highest BCUT2D eigenvalue weighted by atomic mass is 16.6. The fraction of sp³-hybridized carbons (Fsp3) is 0.400. The van der Waals surface area contributed by atoms with Crippen molar-refractivity contribution in [3.63, 3.8) is 0 Å². The molecule has 5 heteroatoms. The third kappa shape index (κ3) is 1.66. The minimum atomic E-state index is 0.326. The van der Waals surface area contributed by atoms with Gasteiger partial charge in [-0.1, -0.05) is 19.9 Å². The van der Waals surface area contributed by atoms with Crippen molar-refractivity contribution >= 4 is 11.8 Å². The molecule has 0 bridgehead atoms. The van der Waals surface area contributed by atoms with Crippen molar-refractivity contribution in [2.75, 3.05) is 0 Å². The lowest BCUT2D eigenvalue weighted by Gasteiger charge is -2.13. The molecule has 1 aliphatic rings. The summed E-state index contributed by atoms with van der Waals surface area (Å²) in [7, 11) is 0. The van der Waals surface area contributed by atoms with Crippen LogP contribution in [0.3, 0.4) is 0 Å². The van der Waals surface area contributed by atoms with Crippen molar-refractivity contribution in [3.8, 4) is 0 Å². The Morgan fingerprint density at radius 3 is 2.93 bits per heavy atom. The van der Waals surface area contributed by atoms with Crippen LogP contribution in [0.5, 0.6) is 0 Å². The molecule has 0 unspecified atom stereocenters. The molecule has 0 fully saturated rings. The minimum absolute atomic E-state index is 0.326. The Bertz CT molecular complexity index is 418. The third-order valence-corrected chi connectivity index (χ3v) is 2.49. The van der Waals surface area contributed by atoms with E-state index in [-0.39, 0.29) is 0 Å². The van der Waals surface area contributed by atoms with Crippen molar-refractivity contribution < 1.29 is 9.84 Å². The van der Waals surface area contributed by atoms with Crippen molar-refractivity contribution in [2.45, 2.75) is 20.3 Å². The molecule has 5 nitrogen and oxygen atoms in total. The highest BCUT2D eigenvalue weighted by Gasteiger charge is 2.20. The molecule has 0 radical (unpaired) electrons. The molecular formula is C10H13N3O2. The Morgan fingerprint density at radius 2 is 2.27 bits per heavy atom. The average molecular weight is 207 g/mol. The van der Waals surface area contributed by atoms with Gasteiger partial charge >= 0.3 is 0 Å². The first kappa shape index (κ1) is 9.92. The largest absolute Gasteiger partial charge is 0.291 e. The summed E-state index contributed by atoms with van der Waals surface area (Å²) in [6.45, 7) is 4.14. The molecule has 0 atom stereocenters. The maximum Gasteiger partial charge on any atom is 0.160 e. The summed E-state index contributed by atoms with van der Waals surface area (Å²) in [5, 5.41) is 16.7. The van der Waals surface area contributed by atoms with Crippen LogP contribution in [0.25, 0.3) is 11.8 Å². The average Bonchev–Trinajstić information content (AvgIpc) is 2.58. The molecule has 0 saturated carbocycles. The zero-order valence-corrected chi connectivity index (χ0v) is 8.69. The predicted molar refractivity (Wildman–Crippen MR) is 54.6 cm³/mol. The molecule has 2 rings (SSSR count). The van der Waals surface area contributed by atoms with Gasteiger partial charge in [0.1, 0.15) is 5.69 Å². The number of hydrogen-bond acceptors (Lipinski definition) is 5. The van der Waals surface area contributed by atoms with Crippen LogP contribution >= 0.6 is 0 Å². The standard InChI is InChI=1S/C10H13N3O2/c1-6(2)7-4-3-5-8-10(9(7)11-14)13-15-12-8/h3,5-6,11,14H,4H2,1-2H3. The van der Waals surface area contributed by atoms with Gasteiger partial charge in [-0.15, -0.1) is 0 Å². The van der Waals surface area contributed by atoms with E-state index in [1.165, 1.54) is 0 Å². The summed E-state index contributed by atoms with van der Waals surface area (Å²) in [6.07, 6.45) is 4.61. The zero-order valence-electron chi connectivity index (χ0n) is 8.69. The second-order valence-electron chi connectivity index (χ2n) is 3.77. The minimum Gasteiger partial charge on any atom is -0.291 e. The number of hydrogen-bond donors (Lipinski definition) is 2. The predicted octanol–water partition coefficient (Wildman–Crippen LogP) is 1.83. The summed E-state index contributed by atoms with van der Waals surface area (Å²) in [4.78, 5) is 0. The van der Waals surface area contributed by atoms with Gasteiger partial charge in [-0.05, 0) is 34.3 Å². The number of hydroxylamine groups is 1. The molecule has 2 N–H and O–H groups in total. The maximum atomic E-state index is 9.16. The number of nitrogens with zero attached hydrogens (tertiary/aromatic N) is 2.